The number of rotatable bonds is 7. The van der Waals surface area contributed by atoms with Crippen LogP contribution in [0, 0.1) is 24.7 Å². The number of amides is 2. The predicted octanol–water partition coefficient (Wildman–Crippen LogP) is 3.77. The van der Waals surface area contributed by atoms with Crippen LogP contribution in [-0.4, -0.2) is 31.4 Å². The number of aryl methyl sites for hydroxylation is 1. The molecule has 2 amide bonds. The summed E-state index contributed by atoms with van der Waals surface area (Å²) in [6.45, 7) is 11.0. The fourth-order valence-electron chi connectivity index (χ4n) is 3.42. The smallest absolute Gasteiger partial charge is 0.251 e. The maximum Gasteiger partial charge on any atom is 0.251 e. The molecule has 152 valence electrons. The number of piperidine rings is 1. The van der Waals surface area contributed by atoms with Crippen LogP contribution in [0.1, 0.15) is 56.0 Å². The van der Waals surface area contributed by atoms with Crippen LogP contribution in [0.2, 0.25) is 0 Å². The first-order valence-electron chi connectivity index (χ1n) is 9.76. The van der Waals surface area contributed by atoms with Crippen LogP contribution < -0.4 is 16.0 Å². The fourth-order valence-corrected chi connectivity index (χ4v) is 3.42. The van der Waals surface area contributed by atoms with Gasteiger partial charge >= 0.3 is 0 Å². The van der Waals surface area contributed by atoms with E-state index in [2.05, 4.69) is 36.7 Å². The normalized spacial score (nSPS) is 15.7. The number of anilines is 1. The Balaban J connectivity index is 0.00000364. The lowest BCUT2D eigenvalue weighted by Crippen LogP contribution is -2.32. The van der Waals surface area contributed by atoms with Crippen molar-refractivity contribution in [1.29, 1.82) is 0 Å². The second-order valence-corrected chi connectivity index (χ2v) is 7.95. The topological polar surface area (TPSA) is 70.2 Å². The predicted molar refractivity (Wildman–Crippen MR) is 114 cm³/mol. The van der Waals surface area contributed by atoms with Gasteiger partial charge in [0.25, 0.3) is 5.91 Å². The first-order chi connectivity index (χ1) is 12.4. The van der Waals surface area contributed by atoms with Gasteiger partial charge in [-0.2, -0.15) is 0 Å². The summed E-state index contributed by atoms with van der Waals surface area (Å²) in [4.78, 5) is 24.6. The van der Waals surface area contributed by atoms with E-state index in [1.54, 1.807) is 6.07 Å². The lowest BCUT2D eigenvalue weighted by atomic mass is 9.84. The fraction of sp³-hybridized carbons (Fsp3) is 0.619. The highest BCUT2D eigenvalue weighted by molar-refractivity contribution is 5.96. The van der Waals surface area contributed by atoms with Gasteiger partial charge < -0.3 is 16.0 Å². The lowest BCUT2D eigenvalue weighted by molar-refractivity contribution is -0.117. The Bertz CT molecular complexity index is 628. The molecular formula is C21H34ClN3O2. The van der Waals surface area contributed by atoms with E-state index in [9.17, 15) is 9.59 Å². The minimum absolute atomic E-state index is 0. The maximum atomic E-state index is 12.4. The zero-order valence-electron chi connectivity index (χ0n) is 16.9. The Labute approximate surface area is 169 Å². The van der Waals surface area contributed by atoms with E-state index in [1.807, 2.05) is 19.1 Å². The molecule has 5 nitrogen and oxygen atoms in total. The average molecular weight is 396 g/mol. The number of halogens is 1. The summed E-state index contributed by atoms with van der Waals surface area (Å²) >= 11 is 0. The van der Waals surface area contributed by atoms with Crippen molar-refractivity contribution in [1.82, 2.24) is 10.6 Å². The third-order valence-electron chi connectivity index (χ3n) is 5.13. The van der Waals surface area contributed by atoms with Crippen LogP contribution in [0.15, 0.2) is 18.2 Å². The van der Waals surface area contributed by atoms with Gasteiger partial charge in [-0.3, -0.25) is 9.59 Å². The van der Waals surface area contributed by atoms with Crippen LogP contribution in [-0.2, 0) is 4.79 Å². The van der Waals surface area contributed by atoms with Gasteiger partial charge in [0, 0.05) is 24.2 Å². The number of carbonyl (C=O) groups is 2. The second-order valence-electron chi connectivity index (χ2n) is 7.95. The summed E-state index contributed by atoms with van der Waals surface area (Å²) in [5, 5.41) is 9.29. The van der Waals surface area contributed by atoms with Gasteiger partial charge in [0.05, 0.1) is 0 Å². The molecule has 1 aliphatic heterocycles. The summed E-state index contributed by atoms with van der Waals surface area (Å²) < 4.78 is 0. The van der Waals surface area contributed by atoms with E-state index in [0.717, 1.165) is 37.2 Å². The van der Waals surface area contributed by atoms with Crippen molar-refractivity contribution >= 4 is 29.9 Å². The highest BCUT2D eigenvalue weighted by atomic mass is 35.5. The van der Waals surface area contributed by atoms with E-state index < -0.39 is 0 Å². The van der Waals surface area contributed by atoms with E-state index in [1.165, 1.54) is 0 Å². The number of nitrogens with one attached hydrogen (secondary N) is 3. The first kappa shape index (κ1) is 23.4. The van der Waals surface area contributed by atoms with Gasteiger partial charge in [0.15, 0.2) is 0 Å². The van der Waals surface area contributed by atoms with Crippen molar-refractivity contribution in [2.24, 2.45) is 17.8 Å². The highest BCUT2D eigenvalue weighted by Crippen LogP contribution is 2.25. The third kappa shape index (κ3) is 7.51. The number of hydrogen-bond donors (Lipinski definition) is 3. The van der Waals surface area contributed by atoms with Crippen LogP contribution in [0.3, 0.4) is 0 Å². The number of hydrogen-bond acceptors (Lipinski definition) is 3. The molecule has 1 unspecified atom stereocenters. The molecule has 0 bridgehead atoms. The van der Waals surface area contributed by atoms with Crippen molar-refractivity contribution in [3.8, 4) is 0 Å². The van der Waals surface area contributed by atoms with Crippen molar-refractivity contribution in [2.75, 3.05) is 25.0 Å². The van der Waals surface area contributed by atoms with E-state index >= 15 is 0 Å². The number of benzene rings is 1. The van der Waals surface area contributed by atoms with Gasteiger partial charge in [-0.05, 0) is 74.4 Å². The van der Waals surface area contributed by atoms with Crippen LogP contribution >= 0.6 is 12.4 Å². The molecule has 27 heavy (non-hydrogen) atoms. The number of carbonyl (C=O) groups excluding carboxylic acids is 2. The van der Waals surface area contributed by atoms with Gasteiger partial charge in [-0.15, -0.1) is 12.4 Å². The van der Waals surface area contributed by atoms with Gasteiger partial charge in [0.2, 0.25) is 5.91 Å². The Hall–Kier alpha value is -1.59. The van der Waals surface area contributed by atoms with E-state index in [0.29, 0.717) is 36.3 Å². The summed E-state index contributed by atoms with van der Waals surface area (Å²) in [5.74, 6) is 1.41. The monoisotopic (exact) mass is 395 g/mol. The molecule has 0 aromatic heterocycles. The van der Waals surface area contributed by atoms with Gasteiger partial charge in [-0.1, -0.05) is 20.8 Å². The Morgan fingerprint density at radius 2 is 1.85 bits per heavy atom. The summed E-state index contributed by atoms with van der Waals surface area (Å²) in [6.07, 6.45) is 2.84. The molecule has 1 aromatic rings. The molecule has 0 aliphatic carbocycles. The average Bonchev–Trinajstić information content (AvgIpc) is 2.62. The minimum Gasteiger partial charge on any atom is -0.352 e. The SMILES string of the molecule is Cc1cc(C(=O)NCC(C)C)ccc1NC(=O)CC(C)C1CCNCC1.Cl. The molecule has 1 fully saturated rings. The molecule has 2 rings (SSSR count). The van der Waals surface area contributed by atoms with Crippen molar-refractivity contribution in [2.45, 2.75) is 47.0 Å². The molecule has 6 heteroatoms. The lowest BCUT2D eigenvalue weighted by Gasteiger charge is -2.28. The Morgan fingerprint density at radius 1 is 1.19 bits per heavy atom. The standard InChI is InChI=1S/C21H33N3O2.ClH/c1-14(2)13-23-21(26)18-5-6-19(16(4)11-18)24-20(25)12-15(3)17-7-9-22-10-8-17;/h5-6,11,14-15,17,22H,7-10,12-13H2,1-4H3,(H,23,26)(H,24,25);1H. The largest absolute Gasteiger partial charge is 0.352 e. The zero-order chi connectivity index (χ0) is 19.1. The first-order valence-corrected chi connectivity index (χ1v) is 9.76. The van der Waals surface area contributed by atoms with Crippen LogP contribution in [0.5, 0.6) is 0 Å². The van der Waals surface area contributed by atoms with Crippen LogP contribution in [0.25, 0.3) is 0 Å². The molecular weight excluding hydrogens is 362 g/mol. The molecule has 1 atom stereocenters. The van der Waals surface area contributed by atoms with E-state index in [-0.39, 0.29) is 24.2 Å². The summed E-state index contributed by atoms with van der Waals surface area (Å²) in [7, 11) is 0. The summed E-state index contributed by atoms with van der Waals surface area (Å²) in [6, 6.07) is 5.43. The molecule has 1 aromatic carbocycles. The zero-order valence-corrected chi connectivity index (χ0v) is 17.7. The summed E-state index contributed by atoms with van der Waals surface area (Å²) in [5.41, 5.74) is 2.32. The maximum absolute atomic E-state index is 12.4. The van der Waals surface area contributed by atoms with Gasteiger partial charge in [-0.25, -0.2) is 0 Å². The Morgan fingerprint density at radius 3 is 2.44 bits per heavy atom. The molecule has 0 spiro atoms. The highest BCUT2D eigenvalue weighted by Gasteiger charge is 2.22. The molecule has 1 saturated heterocycles. The van der Waals surface area contributed by atoms with Crippen LogP contribution in [0.4, 0.5) is 5.69 Å². The molecule has 3 N–H and O–H groups in total. The Kier molecular flexibility index (Phi) is 9.81. The minimum atomic E-state index is -0.0702. The van der Waals surface area contributed by atoms with Crippen molar-refractivity contribution in [3.63, 3.8) is 0 Å². The molecule has 0 saturated carbocycles. The molecule has 1 aliphatic rings. The quantitative estimate of drug-likeness (QED) is 0.658. The van der Waals surface area contributed by atoms with Gasteiger partial charge in [0.1, 0.15) is 0 Å². The molecule has 1 heterocycles. The third-order valence-corrected chi connectivity index (χ3v) is 5.13. The second kappa shape index (κ2) is 11.3. The van der Waals surface area contributed by atoms with E-state index in [4.69, 9.17) is 0 Å². The van der Waals surface area contributed by atoms with Crippen molar-refractivity contribution < 1.29 is 9.59 Å². The van der Waals surface area contributed by atoms with Crippen molar-refractivity contribution in [3.05, 3.63) is 29.3 Å². The molecule has 0 radical (unpaired) electrons.